The number of hydrogen-bond donors (Lipinski definition) is 1. The van der Waals surface area contributed by atoms with Crippen LogP contribution in [0.4, 0.5) is 4.79 Å². The first-order chi connectivity index (χ1) is 12.4. The number of carbonyl (C=O) groups is 3. The third-order valence-electron chi connectivity index (χ3n) is 4.48. The molecule has 0 aliphatic carbocycles. The SMILES string of the molecule is CC1(C)NC(=O)N(CCCC(=O)OCc2cccc3ccccc23)C1=O. The van der Waals surface area contributed by atoms with Crippen LogP contribution >= 0.6 is 0 Å². The first kappa shape index (κ1) is 17.9. The Morgan fingerprint density at radius 1 is 1.12 bits per heavy atom. The first-order valence-electron chi connectivity index (χ1n) is 8.65. The van der Waals surface area contributed by atoms with Crippen LogP contribution in [0.5, 0.6) is 0 Å². The van der Waals surface area contributed by atoms with E-state index >= 15 is 0 Å². The predicted octanol–water partition coefficient (Wildman–Crippen LogP) is 2.99. The number of nitrogens with zero attached hydrogens (tertiary/aromatic N) is 1. The van der Waals surface area contributed by atoms with Crippen molar-refractivity contribution in [2.24, 2.45) is 0 Å². The molecule has 2 aromatic rings. The van der Waals surface area contributed by atoms with Crippen LogP contribution in [0.25, 0.3) is 10.8 Å². The van der Waals surface area contributed by atoms with E-state index in [4.69, 9.17) is 4.74 Å². The lowest BCUT2D eigenvalue weighted by Crippen LogP contribution is -2.40. The van der Waals surface area contributed by atoms with Crippen molar-refractivity contribution in [1.82, 2.24) is 10.2 Å². The molecule has 0 unspecified atom stereocenters. The fourth-order valence-corrected chi connectivity index (χ4v) is 3.05. The third kappa shape index (κ3) is 3.69. The second-order valence-electron chi connectivity index (χ2n) is 6.91. The van der Waals surface area contributed by atoms with Gasteiger partial charge in [0.2, 0.25) is 0 Å². The van der Waals surface area contributed by atoms with Gasteiger partial charge in [-0.25, -0.2) is 4.79 Å². The van der Waals surface area contributed by atoms with Crippen LogP contribution in [0.15, 0.2) is 42.5 Å². The maximum Gasteiger partial charge on any atom is 0.325 e. The van der Waals surface area contributed by atoms with Crippen molar-refractivity contribution in [2.75, 3.05) is 6.54 Å². The fraction of sp³-hybridized carbons (Fsp3) is 0.350. The van der Waals surface area contributed by atoms with Gasteiger partial charge in [0, 0.05) is 13.0 Å². The number of ether oxygens (including phenoxy) is 1. The minimum Gasteiger partial charge on any atom is -0.461 e. The number of urea groups is 1. The highest BCUT2D eigenvalue weighted by Crippen LogP contribution is 2.20. The normalized spacial score (nSPS) is 16.0. The van der Waals surface area contributed by atoms with Crippen molar-refractivity contribution in [3.63, 3.8) is 0 Å². The maximum atomic E-state index is 12.1. The molecule has 0 spiro atoms. The van der Waals surface area contributed by atoms with Crippen LogP contribution in [-0.2, 0) is 20.9 Å². The van der Waals surface area contributed by atoms with E-state index in [1.807, 2.05) is 42.5 Å². The van der Waals surface area contributed by atoms with E-state index in [2.05, 4.69) is 5.32 Å². The van der Waals surface area contributed by atoms with Crippen molar-refractivity contribution >= 4 is 28.7 Å². The zero-order chi connectivity index (χ0) is 18.7. The van der Waals surface area contributed by atoms with Gasteiger partial charge in [0.05, 0.1) is 0 Å². The van der Waals surface area contributed by atoms with Crippen LogP contribution in [0.3, 0.4) is 0 Å². The highest BCUT2D eigenvalue weighted by atomic mass is 16.5. The molecule has 0 saturated carbocycles. The van der Waals surface area contributed by atoms with Gasteiger partial charge in [0.15, 0.2) is 0 Å². The summed E-state index contributed by atoms with van der Waals surface area (Å²) in [5, 5.41) is 4.77. The van der Waals surface area contributed by atoms with Gasteiger partial charge in [-0.2, -0.15) is 0 Å². The highest BCUT2D eigenvalue weighted by Gasteiger charge is 2.43. The summed E-state index contributed by atoms with van der Waals surface area (Å²) < 4.78 is 5.35. The smallest absolute Gasteiger partial charge is 0.325 e. The second-order valence-corrected chi connectivity index (χ2v) is 6.91. The van der Waals surface area contributed by atoms with E-state index < -0.39 is 11.6 Å². The van der Waals surface area contributed by atoms with Crippen molar-refractivity contribution in [3.8, 4) is 0 Å². The Bertz CT molecular complexity index is 855. The number of nitrogens with one attached hydrogen (secondary N) is 1. The van der Waals surface area contributed by atoms with E-state index in [1.165, 1.54) is 0 Å². The maximum absolute atomic E-state index is 12.1. The van der Waals surface area contributed by atoms with Crippen LogP contribution < -0.4 is 5.32 Å². The summed E-state index contributed by atoms with van der Waals surface area (Å²) in [5.74, 6) is -0.615. The molecule has 1 heterocycles. The average Bonchev–Trinajstić information content (AvgIpc) is 2.81. The Balaban J connectivity index is 1.49. The summed E-state index contributed by atoms with van der Waals surface area (Å²) in [7, 11) is 0. The van der Waals surface area contributed by atoms with Gasteiger partial charge in [-0.1, -0.05) is 42.5 Å². The quantitative estimate of drug-likeness (QED) is 0.639. The summed E-state index contributed by atoms with van der Waals surface area (Å²) in [6.45, 7) is 3.73. The van der Waals surface area contributed by atoms with E-state index in [9.17, 15) is 14.4 Å². The van der Waals surface area contributed by atoms with Crippen LogP contribution in [-0.4, -0.2) is 34.9 Å². The predicted molar refractivity (Wildman–Crippen MR) is 97.3 cm³/mol. The van der Waals surface area contributed by atoms with E-state index in [1.54, 1.807) is 13.8 Å². The molecule has 0 radical (unpaired) electrons. The van der Waals surface area contributed by atoms with Gasteiger partial charge in [-0.05, 0) is 36.6 Å². The molecular formula is C20H22N2O4. The molecule has 6 nitrogen and oxygen atoms in total. The zero-order valence-electron chi connectivity index (χ0n) is 15.0. The lowest BCUT2D eigenvalue weighted by molar-refractivity contribution is -0.145. The molecule has 0 atom stereocenters. The molecule has 1 fully saturated rings. The number of amides is 3. The Morgan fingerprint density at radius 2 is 1.85 bits per heavy atom. The summed E-state index contributed by atoms with van der Waals surface area (Å²) in [6.07, 6.45) is 0.534. The molecular weight excluding hydrogens is 332 g/mol. The van der Waals surface area contributed by atoms with Crippen molar-refractivity contribution in [3.05, 3.63) is 48.0 Å². The van der Waals surface area contributed by atoms with Gasteiger partial charge in [-0.3, -0.25) is 14.5 Å². The highest BCUT2D eigenvalue weighted by molar-refractivity contribution is 6.06. The average molecular weight is 354 g/mol. The van der Waals surface area contributed by atoms with Crippen LogP contribution in [0.1, 0.15) is 32.3 Å². The number of esters is 1. The number of rotatable bonds is 6. The molecule has 136 valence electrons. The molecule has 2 aromatic carbocycles. The number of hydrogen-bond acceptors (Lipinski definition) is 4. The Hall–Kier alpha value is -2.89. The number of imide groups is 1. The van der Waals surface area contributed by atoms with Gasteiger partial charge in [-0.15, -0.1) is 0 Å². The molecule has 3 amide bonds. The van der Waals surface area contributed by atoms with E-state index in [0.717, 1.165) is 21.2 Å². The standard InChI is InChI=1S/C20H22N2O4/c1-20(2)18(24)22(19(25)21-20)12-6-11-17(23)26-13-15-9-5-8-14-7-3-4-10-16(14)15/h3-5,7-10H,6,11-13H2,1-2H3,(H,21,25). The summed E-state index contributed by atoms with van der Waals surface area (Å²) in [6, 6.07) is 13.4. The van der Waals surface area contributed by atoms with Gasteiger partial charge in [0.1, 0.15) is 12.1 Å². The molecule has 3 rings (SSSR count). The number of fused-ring (bicyclic) bond motifs is 1. The second kappa shape index (κ2) is 7.15. The van der Waals surface area contributed by atoms with Crippen molar-refractivity contribution in [1.29, 1.82) is 0 Å². The molecule has 0 bridgehead atoms. The molecule has 26 heavy (non-hydrogen) atoms. The molecule has 1 aliphatic heterocycles. The number of carbonyl (C=O) groups excluding carboxylic acids is 3. The van der Waals surface area contributed by atoms with Crippen LogP contribution in [0, 0.1) is 0 Å². The minimum atomic E-state index is -0.883. The van der Waals surface area contributed by atoms with Crippen molar-refractivity contribution < 1.29 is 19.1 Å². The van der Waals surface area contributed by atoms with E-state index in [-0.39, 0.29) is 31.4 Å². The number of benzene rings is 2. The Morgan fingerprint density at radius 3 is 2.58 bits per heavy atom. The van der Waals surface area contributed by atoms with Crippen LogP contribution in [0.2, 0.25) is 0 Å². The van der Waals surface area contributed by atoms with Crippen molar-refractivity contribution in [2.45, 2.75) is 38.8 Å². The van der Waals surface area contributed by atoms with Gasteiger partial charge in [0.25, 0.3) is 5.91 Å². The minimum absolute atomic E-state index is 0.155. The topological polar surface area (TPSA) is 75.7 Å². The van der Waals surface area contributed by atoms with Gasteiger partial charge < -0.3 is 10.1 Å². The monoisotopic (exact) mass is 354 g/mol. The summed E-state index contributed by atoms with van der Waals surface area (Å²) >= 11 is 0. The Labute approximate surface area is 152 Å². The molecule has 1 N–H and O–H groups in total. The third-order valence-corrected chi connectivity index (χ3v) is 4.48. The zero-order valence-corrected chi connectivity index (χ0v) is 15.0. The Kier molecular flexibility index (Phi) is 4.93. The van der Waals surface area contributed by atoms with Gasteiger partial charge >= 0.3 is 12.0 Å². The summed E-state index contributed by atoms with van der Waals surface area (Å²) in [5.41, 5.74) is 0.0682. The molecule has 6 heteroatoms. The summed E-state index contributed by atoms with van der Waals surface area (Å²) in [4.78, 5) is 37.0. The lowest BCUT2D eigenvalue weighted by atomic mass is 10.1. The van der Waals surface area contributed by atoms with E-state index in [0.29, 0.717) is 6.42 Å². The first-order valence-corrected chi connectivity index (χ1v) is 8.65. The largest absolute Gasteiger partial charge is 0.461 e. The fourth-order valence-electron chi connectivity index (χ4n) is 3.05. The molecule has 0 aromatic heterocycles. The molecule has 1 aliphatic rings. The lowest BCUT2D eigenvalue weighted by Gasteiger charge is -2.15. The molecule has 1 saturated heterocycles.